The Bertz CT molecular complexity index is 877. The Kier molecular flexibility index (Phi) is 5.87. The fraction of sp³-hybridized carbons (Fsp3) is 0.318. The van der Waals surface area contributed by atoms with Crippen LogP contribution in [0.25, 0.3) is 0 Å². The third-order valence-corrected chi connectivity index (χ3v) is 5.18. The Hall–Kier alpha value is -3.13. The largest absolute Gasteiger partial charge is 0.326 e. The molecule has 0 atom stereocenters. The molecule has 2 N–H and O–H groups in total. The molecule has 138 valence electrons. The van der Waals surface area contributed by atoms with E-state index in [2.05, 4.69) is 16.7 Å². The summed E-state index contributed by atoms with van der Waals surface area (Å²) in [6, 6.07) is 16.8. The standard InChI is InChI=1S/C22H23N3O2/c1-15-6-2-4-8-19(15)24-21(26)16-10-12-17(13-11-16)22(27)25-20-9-5-3-7-18(20)14-23/h2-9,16-17H,10-13H2,1H3,(H,24,26)(H,25,27). The molecule has 2 aromatic carbocycles. The predicted octanol–water partition coefficient (Wildman–Crippen LogP) is 4.25. The van der Waals surface area contributed by atoms with Crippen molar-refractivity contribution in [2.45, 2.75) is 32.6 Å². The van der Waals surface area contributed by atoms with Crippen molar-refractivity contribution in [3.05, 3.63) is 59.7 Å². The van der Waals surface area contributed by atoms with Gasteiger partial charge in [-0.05, 0) is 56.4 Å². The van der Waals surface area contributed by atoms with E-state index in [9.17, 15) is 9.59 Å². The van der Waals surface area contributed by atoms with Crippen LogP contribution in [0.5, 0.6) is 0 Å². The number of nitriles is 1. The number of hydrogen-bond donors (Lipinski definition) is 2. The Morgan fingerprint density at radius 2 is 1.33 bits per heavy atom. The van der Waals surface area contributed by atoms with Crippen LogP contribution < -0.4 is 10.6 Å². The second-order valence-corrected chi connectivity index (χ2v) is 7.00. The molecule has 0 unspecified atom stereocenters. The van der Waals surface area contributed by atoms with Crippen molar-refractivity contribution >= 4 is 23.2 Å². The highest BCUT2D eigenvalue weighted by Gasteiger charge is 2.30. The van der Waals surface area contributed by atoms with Crippen LogP contribution in [0.2, 0.25) is 0 Å². The summed E-state index contributed by atoms with van der Waals surface area (Å²) in [5, 5.41) is 15.0. The normalized spacial score (nSPS) is 19.0. The average molecular weight is 361 g/mol. The Balaban J connectivity index is 1.54. The maximum atomic E-state index is 12.5. The van der Waals surface area contributed by atoms with Crippen molar-refractivity contribution in [2.75, 3.05) is 10.6 Å². The van der Waals surface area contributed by atoms with Crippen LogP contribution in [0.3, 0.4) is 0 Å². The molecule has 0 radical (unpaired) electrons. The van der Waals surface area contributed by atoms with Crippen LogP contribution in [-0.2, 0) is 9.59 Å². The first-order chi connectivity index (χ1) is 13.1. The van der Waals surface area contributed by atoms with Gasteiger partial charge >= 0.3 is 0 Å². The lowest BCUT2D eigenvalue weighted by Gasteiger charge is -2.27. The number of para-hydroxylation sites is 2. The van der Waals surface area contributed by atoms with Gasteiger partial charge in [-0.1, -0.05) is 30.3 Å². The number of amides is 2. The smallest absolute Gasteiger partial charge is 0.227 e. The van der Waals surface area contributed by atoms with Crippen LogP contribution >= 0.6 is 0 Å². The lowest BCUT2D eigenvalue weighted by molar-refractivity contribution is -0.125. The topological polar surface area (TPSA) is 82.0 Å². The van der Waals surface area contributed by atoms with E-state index in [1.54, 1.807) is 24.3 Å². The SMILES string of the molecule is Cc1ccccc1NC(=O)C1CCC(C(=O)Nc2ccccc2C#N)CC1. The van der Waals surface area contributed by atoms with Crippen LogP contribution in [-0.4, -0.2) is 11.8 Å². The summed E-state index contributed by atoms with van der Waals surface area (Å²) in [4.78, 5) is 25.0. The highest BCUT2D eigenvalue weighted by Crippen LogP contribution is 2.31. The molecule has 0 saturated heterocycles. The van der Waals surface area contributed by atoms with Crippen LogP contribution in [0.4, 0.5) is 11.4 Å². The summed E-state index contributed by atoms with van der Waals surface area (Å²) in [7, 11) is 0. The van der Waals surface area contributed by atoms with E-state index >= 15 is 0 Å². The molecular formula is C22H23N3O2. The van der Waals surface area contributed by atoms with Crippen molar-refractivity contribution in [2.24, 2.45) is 11.8 Å². The van der Waals surface area contributed by atoms with Crippen molar-refractivity contribution < 1.29 is 9.59 Å². The van der Waals surface area contributed by atoms with E-state index in [0.717, 1.165) is 11.3 Å². The van der Waals surface area contributed by atoms with Crippen molar-refractivity contribution in [1.29, 1.82) is 5.26 Å². The number of aryl methyl sites for hydroxylation is 1. The van der Waals surface area contributed by atoms with Gasteiger partial charge in [0.05, 0.1) is 11.3 Å². The first kappa shape index (κ1) is 18.7. The van der Waals surface area contributed by atoms with E-state index in [0.29, 0.717) is 36.9 Å². The molecule has 0 aliphatic heterocycles. The van der Waals surface area contributed by atoms with Crippen molar-refractivity contribution in [3.8, 4) is 6.07 Å². The molecule has 5 heteroatoms. The molecule has 1 fully saturated rings. The van der Waals surface area contributed by atoms with E-state index in [-0.39, 0.29) is 23.7 Å². The van der Waals surface area contributed by atoms with Gasteiger partial charge < -0.3 is 10.6 Å². The Morgan fingerprint density at radius 3 is 1.89 bits per heavy atom. The minimum Gasteiger partial charge on any atom is -0.326 e. The van der Waals surface area contributed by atoms with E-state index in [4.69, 9.17) is 5.26 Å². The minimum absolute atomic E-state index is 0.0259. The number of nitrogens with one attached hydrogen (secondary N) is 2. The number of hydrogen-bond acceptors (Lipinski definition) is 3. The molecule has 0 spiro atoms. The van der Waals surface area contributed by atoms with Crippen LogP contribution in [0, 0.1) is 30.1 Å². The van der Waals surface area contributed by atoms with E-state index < -0.39 is 0 Å². The summed E-state index contributed by atoms with van der Waals surface area (Å²) < 4.78 is 0. The monoisotopic (exact) mass is 361 g/mol. The summed E-state index contributed by atoms with van der Waals surface area (Å²) in [6.45, 7) is 1.97. The molecule has 0 aromatic heterocycles. The predicted molar refractivity (Wildman–Crippen MR) is 105 cm³/mol. The van der Waals surface area contributed by atoms with Crippen LogP contribution in [0.15, 0.2) is 48.5 Å². The van der Waals surface area contributed by atoms with Gasteiger partial charge in [-0.25, -0.2) is 0 Å². The number of nitrogens with zero attached hydrogens (tertiary/aromatic N) is 1. The van der Waals surface area contributed by atoms with Crippen molar-refractivity contribution in [3.63, 3.8) is 0 Å². The van der Waals surface area contributed by atoms with Gasteiger partial charge in [0.15, 0.2) is 0 Å². The number of carbonyl (C=O) groups excluding carboxylic acids is 2. The number of anilines is 2. The van der Waals surface area contributed by atoms with Gasteiger partial charge in [-0.15, -0.1) is 0 Å². The summed E-state index contributed by atoms with van der Waals surface area (Å²) >= 11 is 0. The molecule has 2 aromatic rings. The molecule has 0 heterocycles. The second-order valence-electron chi connectivity index (χ2n) is 7.00. The van der Waals surface area contributed by atoms with E-state index in [1.807, 2.05) is 31.2 Å². The second kappa shape index (κ2) is 8.50. The first-order valence-electron chi connectivity index (χ1n) is 9.25. The third kappa shape index (κ3) is 4.53. The summed E-state index contributed by atoms with van der Waals surface area (Å²) in [5.74, 6) is -0.243. The molecule has 1 saturated carbocycles. The van der Waals surface area contributed by atoms with Gasteiger partial charge in [-0.2, -0.15) is 5.26 Å². The fourth-order valence-corrected chi connectivity index (χ4v) is 3.49. The van der Waals surface area contributed by atoms with Gasteiger partial charge in [0.1, 0.15) is 6.07 Å². The summed E-state index contributed by atoms with van der Waals surface area (Å²) in [5.41, 5.74) is 2.88. The van der Waals surface area contributed by atoms with Gasteiger partial charge in [0.2, 0.25) is 11.8 Å². The zero-order chi connectivity index (χ0) is 19.2. The van der Waals surface area contributed by atoms with E-state index in [1.165, 1.54) is 0 Å². The molecule has 5 nitrogen and oxygen atoms in total. The minimum atomic E-state index is -0.126. The van der Waals surface area contributed by atoms with Gasteiger partial charge in [-0.3, -0.25) is 9.59 Å². The van der Waals surface area contributed by atoms with Gasteiger partial charge in [0, 0.05) is 17.5 Å². The number of benzene rings is 2. The Morgan fingerprint density at radius 1 is 0.852 bits per heavy atom. The zero-order valence-electron chi connectivity index (χ0n) is 15.4. The maximum absolute atomic E-state index is 12.5. The van der Waals surface area contributed by atoms with Crippen LogP contribution in [0.1, 0.15) is 36.8 Å². The molecule has 1 aliphatic carbocycles. The Labute approximate surface area is 159 Å². The lowest BCUT2D eigenvalue weighted by Crippen LogP contribution is -2.32. The third-order valence-electron chi connectivity index (χ3n) is 5.18. The molecule has 1 aliphatic rings. The fourth-order valence-electron chi connectivity index (χ4n) is 3.49. The molecule has 3 rings (SSSR count). The first-order valence-corrected chi connectivity index (χ1v) is 9.25. The van der Waals surface area contributed by atoms with Crippen molar-refractivity contribution in [1.82, 2.24) is 0 Å². The maximum Gasteiger partial charge on any atom is 0.227 e. The number of carbonyl (C=O) groups is 2. The molecular weight excluding hydrogens is 338 g/mol. The van der Waals surface area contributed by atoms with Gasteiger partial charge in [0.25, 0.3) is 0 Å². The molecule has 27 heavy (non-hydrogen) atoms. The summed E-state index contributed by atoms with van der Waals surface area (Å²) in [6.07, 6.45) is 2.73. The highest BCUT2D eigenvalue weighted by molar-refractivity contribution is 5.95. The lowest BCUT2D eigenvalue weighted by atomic mass is 9.81. The molecule has 0 bridgehead atoms. The molecule has 2 amide bonds. The quantitative estimate of drug-likeness (QED) is 0.854. The number of rotatable bonds is 4. The zero-order valence-corrected chi connectivity index (χ0v) is 15.4. The average Bonchev–Trinajstić information content (AvgIpc) is 2.70. The highest BCUT2D eigenvalue weighted by atomic mass is 16.2.